The lowest BCUT2D eigenvalue weighted by molar-refractivity contribution is -0.128. The highest BCUT2D eigenvalue weighted by Crippen LogP contribution is 2.30. The van der Waals surface area contributed by atoms with Gasteiger partial charge in [0.1, 0.15) is 0 Å². The third kappa shape index (κ3) is 6.67. The lowest BCUT2D eigenvalue weighted by atomic mass is 9.84. The Balaban J connectivity index is 1.13. The van der Waals surface area contributed by atoms with Gasteiger partial charge in [-0.2, -0.15) is 4.98 Å². The minimum Gasteiger partial charge on any atom is -0.349 e. The van der Waals surface area contributed by atoms with Gasteiger partial charge in [0.2, 0.25) is 21.8 Å². The van der Waals surface area contributed by atoms with Crippen LogP contribution in [0.15, 0.2) is 64.0 Å². The number of sulfonamides is 1. The predicted molar refractivity (Wildman–Crippen MR) is 143 cm³/mol. The van der Waals surface area contributed by atoms with Crippen molar-refractivity contribution < 1.29 is 17.7 Å². The van der Waals surface area contributed by atoms with Gasteiger partial charge in [0.25, 0.3) is 0 Å². The average Bonchev–Trinajstić information content (AvgIpc) is 3.34. The van der Waals surface area contributed by atoms with Crippen LogP contribution in [0, 0.1) is 5.92 Å². The Morgan fingerprint density at radius 2 is 1.84 bits per heavy atom. The largest absolute Gasteiger partial charge is 0.349 e. The van der Waals surface area contributed by atoms with E-state index in [4.69, 9.17) is 9.66 Å². The molecular weight excluding hydrogens is 502 g/mol. The standard InChI is InChI=1S/C28H35N5O4S/c29-38(35,36)24-11-4-6-20(18-24)19-26-31-28(37-32-26)23-12-15-33(16-13-23)17-14-25(21-7-2-1-3-8-21)30-27(34)22-9-5-10-22/h1-4,6-8,11,18,22-23,25H,5,9-10,12-17,19H2,(H,30,34)(H2,29,35,36)/t25-/m0/s1. The number of rotatable bonds is 10. The van der Waals surface area contributed by atoms with Gasteiger partial charge in [-0.3, -0.25) is 4.79 Å². The Kier molecular flexibility index (Phi) is 8.21. The van der Waals surface area contributed by atoms with Gasteiger partial charge in [-0.05, 0) is 68.5 Å². The molecule has 0 radical (unpaired) electrons. The second-order valence-corrected chi connectivity index (χ2v) is 12.0. The first-order chi connectivity index (χ1) is 18.3. The molecule has 1 aliphatic carbocycles. The zero-order chi connectivity index (χ0) is 26.5. The SMILES string of the molecule is NS(=O)(=O)c1cccc(Cc2noc(C3CCN(CC[C@H](NC(=O)C4CCC4)c4ccccc4)CC3)n2)c1. The normalized spacial score (nSPS) is 18.1. The third-order valence-electron chi connectivity index (χ3n) is 7.74. The first-order valence-electron chi connectivity index (χ1n) is 13.4. The average molecular weight is 538 g/mol. The van der Waals surface area contributed by atoms with Gasteiger partial charge in [-0.15, -0.1) is 0 Å². The Morgan fingerprint density at radius 1 is 1.08 bits per heavy atom. The molecule has 3 aromatic rings. The highest BCUT2D eigenvalue weighted by Gasteiger charge is 2.29. The second-order valence-electron chi connectivity index (χ2n) is 10.4. The van der Waals surface area contributed by atoms with Crippen LogP contribution in [0.4, 0.5) is 0 Å². The summed E-state index contributed by atoms with van der Waals surface area (Å²) in [5.41, 5.74) is 1.92. The molecule has 10 heteroatoms. The van der Waals surface area contributed by atoms with Gasteiger partial charge in [-0.1, -0.05) is 54.0 Å². The number of nitrogens with one attached hydrogen (secondary N) is 1. The number of hydrogen-bond donors (Lipinski definition) is 2. The van der Waals surface area contributed by atoms with Gasteiger partial charge < -0.3 is 14.7 Å². The van der Waals surface area contributed by atoms with E-state index < -0.39 is 10.0 Å². The Bertz CT molecular complexity index is 1330. The Morgan fingerprint density at radius 3 is 2.53 bits per heavy atom. The van der Waals surface area contributed by atoms with Crippen molar-refractivity contribution in [1.29, 1.82) is 0 Å². The van der Waals surface area contributed by atoms with Crippen LogP contribution in [-0.2, 0) is 21.2 Å². The predicted octanol–water partition coefficient (Wildman–Crippen LogP) is 3.53. The zero-order valence-corrected chi connectivity index (χ0v) is 22.3. The maximum absolute atomic E-state index is 12.7. The number of carbonyl (C=O) groups is 1. The number of hydrogen-bond acceptors (Lipinski definition) is 7. The minimum atomic E-state index is -3.76. The monoisotopic (exact) mass is 537 g/mol. The first kappa shape index (κ1) is 26.5. The molecule has 1 atom stereocenters. The summed E-state index contributed by atoms with van der Waals surface area (Å²) in [7, 11) is -3.76. The second kappa shape index (κ2) is 11.8. The van der Waals surface area contributed by atoms with Crippen molar-refractivity contribution in [3.05, 3.63) is 77.4 Å². The summed E-state index contributed by atoms with van der Waals surface area (Å²) in [6, 6.07) is 16.8. The number of likely N-dealkylation sites (tertiary alicyclic amines) is 1. The van der Waals surface area contributed by atoms with Crippen molar-refractivity contribution in [2.24, 2.45) is 11.1 Å². The zero-order valence-electron chi connectivity index (χ0n) is 21.5. The topological polar surface area (TPSA) is 131 Å². The van der Waals surface area contributed by atoms with Crippen LogP contribution in [-0.4, -0.2) is 49.0 Å². The summed E-state index contributed by atoms with van der Waals surface area (Å²) in [6.45, 7) is 2.76. The van der Waals surface area contributed by atoms with Crippen LogP contribution in [0.3, 0.4) is 0 Å². The Hall–Kier alpha value is -3.08. The Labute approximate surface area is 223 Å². The highest BCUT2D eigenvalue weighted by molar-refractivity contribution is 7.89. The van der Waals surface area contributed by atoms with E-state index in [0.717, 1.165) is 69.3 Å². The van der Waals surface area contributed by atoms with Crippen LogP contribution in [0.2, 0.25) is 0 Å². The summed E-state index contributed by atoms with van der Waals surface area (Å²) in [6.07, 6.45) is 6.24. The van der Waals surface area contributed by atoms with E-state index in [1.54, 1.807) is 12.1 Å². The molecule has 2 fully saturated rings. The van der Waals surface area contributed by atoms with E-state index in [-0.39, 0.29) is 28.7 Å². The van der Waals surface area contributed by atoms with Crippen molar-refractivity contribution in [2.75, 3.05) is 19.6 Å². The molecule has 0 bridgehead atoms. The van der Waals surface area contributed by atoms with Gasteiger partial charge in [0.05, 0.1) is 10.9 Å². The molecule has 1 aliphatic heterocycles. The quantitative estimate of drug-likeness (QED) is 0.404. The smallest absolute Gasteiger partial charge is 0.238 e. The molecule has 1 aromatic heterocycles. The molecule has 0 spiro atoms. The van der Waals surface area contributed by atoms with Crippen LogP contribution in [0.5, 0.6) is 0 Å². The summed E-state index contributed by atoms with van der Waals surface area (Å²) >= 11 is 0. The molecule has 38 heavy (non-hydrogen) atoms. The number of carbonyl (C=O) groups excluding carboxylic acids is 1. The van der Waals surface area contributed by atoms with Crippen molar-refractivity contribution >= 4 is 15.9 Å². The maximum atomic E-state index is 12.7. The molecule has 3 N–H and O–H groups in total. The molecule has 202 valence electrons. The number of benzene rings is 2. The van der Waals surface area contributed by atoms with E-state index in [2.05, 4.69) is 32.5 Å². The lowest BCUT2D eigenvalue weighted by Crippen LogP contribution is -2.39. The van der Waals surface area contributed by atoms with E-state index in [1.165, 1.54) is 6.07 Å². The molecule has 2 aliphatic rings. The van der Waals surface area contributed by atoms with E-state index in [9.17, 15) is 13.2 Å². The first-order valence-corrected chi connectivity index (χ1v) is 14.9. The minimum absolute atomic E-state index is 0.0216. The fraction of sp³-hybridized carbons (Fsp3) is 0.464. The van der Waals surface area contributed by atoms with E-state index in [0.29, 0.717) is 18.1 Å². The molecule has 2 aromatic carbocycles. The summed E-state index contributed by atoms with van der Waals surface area (Å²) in [4.78, 5) is 19.8. The molecule has 9 nitrogen and oxygen atoms in total. The van der Waals surface area contributed by atoms with Gasteiger partial charge >= 0.3 is 0 Å². The van der Waals surface area contributed by atoms with Crippen molar-refractivity contribution in [2.45, 2.75) is 61.8 Å². The number of amides is 1. The van der Waals surface area contributed by atoms with Crippen LogP contribution in [0.25, 0.3) is 0 Å². The van der Waals surface area contributed by atoms with Crippen molar-refractivity contribution in [3.8, 4) is 0 Å². The highest BCUT2D eigenvalue weighted by atomic mass is 32.2. The summed E-state index contributed by atoms with van der Waals surface area (Å²) < 4.78 is 28.8. The molecule has 2 heterocycles. The molecule has 1 saturated heterocycles. The van der Waals surface area contributed by atoms with Crippen molar-refractivity contribution in [3.63, 3.8) is 0 Å². The fourth-order valence-corrected chi connectivity index (χ4v) is 5.79. The van der Waals surface area contributed by atoms with Crippen LogP contribution < -0.4 is 10.5 Å². The number of primary sulfonamides is 1. The lowest BCUT2D eigenvalue weighted by Gasteiger charge is -2.32. The number of nitrogens with zero attached hydrogens (tertiary/aromatic N) is 3. The summed E-state index contributed by atoms with van der Waals surface area (Å²) in [5, 5.41) is 12.7. The summed E-state index contributed by atoms with van der Waals surface area (Å²) in [5.74, 6) is 1.73. The van der Waals surface area contributed by atoms with Gasteiger partial charge in [-0.25, -0.2) is 13.6 Å². The molecule has 0 unspecified atom stereocenters. The molecule has 1 amide bonds. The van der Waals surface area contributed by atoms with E-state index in [1.807, 2.05) is 24.3 Å². The van der Waals surface area contributed by atoms with Crippen LogP contribution >= 0.6 is 0 Å². The molecule has 1 saturated carbocycles. The number of nitrogens with two attached hydrogens (primary N) is 1. The van der Waals surface area contributed by atoms with Crippen LogP contribution in [0.1, 0.15) is 73.3 Å². The number of piperidine rings is 1. The van der Waals surface area contributed by atoms with Gasteiger partial charge in [0, 0.05) is 24.8 Å². The van der Waals surface area contributed by atoms with Gasteiger partial charge in [0.15, 0.2) is 5.82 Å². The molecular formula is C28H35N5O4S. The van der Waals surface area contributed by atoms with Crippen molar-refractivity contribution in [1.82, 2.24) is 20.4 Å². The molecule has 5 rings (SSSR count). The van der Waals surface area contributed by atoms with E-state index >= 15 is 0 Å². The number of aromatic nitrogens is 2. The third-order valence-corrected chi connectivity index (χ3v) is 8.65. The maximum Gasteiger partial charge on any atom is 0.238 e. The fourth-order valence-electron chi connectivity index (χ4n) is 5.20.